The summed E-state index contributed by atoms with van der Waals surface area (Å²) in [6.45, 7) is 0.283. The van der Waals surface area contributed by atoms with E-state index in [1.165, 1.54) is 6.20 Å². The number of nitrogens with zero attached hydrogens (tertiary/aromatic N) is 6. The van der Waals surface area contributed by atoms with Gasteiger partial charge in [0.2, 0.25) is 0 Å². The lowest BCUT2D eigenvalue weighted by Crippen LogP contribution is -2.21. The number of aromatic nitrogens is 6. The molecule has 0 fully saturated rings. The van der Waals surface area contributed by atoms with Crippen LogP contribution in [0.5, 0.6) is 0 Å². The van der Waals surface area contributed by atoms with Gasteiger partial charge in [0.1, 0.15) is 0 Å². The van der Waals surface area contributed by atoms with E-state index < -0.39 is 0 Å². The van der Waals surface area contributed by atoms with Crippen molar-refractivity contribution in [3.05, 3.63) is 65.1 Å². The minimum absolute atomic E-state index is 0.180. The summed E-state index contributed by atoms with van der Waals surface area (Å²) in [5, 5.41) is 4.32. The molecule has 4 aromatic rings. The summed E-state index contributed by atoms with van der Waals surface area (Å²) in [4.78, 5) is 24.6. The fraction of sp³-hybridized carbons (Fsp3) is 0.0714. The molecule has 1 aromatic carbocycles. The van der Waals surface area contributed by atoms with Crippen LogP contribution in [-0.4, -0.2) is 29.1 Å². The number of fused-ring (bicyclic) bond motifs is 2. The largest absolute Gasteiger partial charge is 0.298 e. The van der Waals surface area contributed by atoms with Crippen LogP contribution in [0, 0.1) is 0 Å². The first-order chi connectivity index (χ1) is 10.3. The molecule has 102 valence electrons. The van der Waals surface area contributed by atoms with Gasteiger partial charge in [-0.1, -0.05) is 12.1 Å². The lowest BCUT2D eigenvalue weighted by Gasteiger charge is -2.06. The lowest BCUT2D eigenvalue weighted by molar-refractivity contribution is 0.732. The predicted molar refractivity (Wildman–Crippen MR) is 75.9 cm³/mol. The Labute approximate surface area is 118 Å². The Hall–Kier alpha value is -3.09. The van der Waals surface area contributed by atoms with Gasteiger partial charge in [0.15, 0.2) is 5.82 Å². The Bertz CT molecular complexity index is 970. The third-order valence-electron chi connectivity index (χ3n) is 3.21. The van der Waals surface area contributed by atoms with Gasteiger partial charge in [-0.05, 0) is 18.2 Å². The zero-order valence-electron chi connectivity index (χ0n) is 10.9. The van der Waals surface area contributed by atoms with Crippen LogP contribution < -0.4 is 5.56 Å². The molecule has 0 N–H and O–H groups in total. The molecule has 7 heteroatoms. The molecule has 0 atom stereocenters. The number of rotatable bonds is 2. The molecular formula is C14H10N6O. The van der Waals surface area contributed by atoms with E-state index in [9.17, 15) is 4.79 Å². The number of para-hydroxylation sites is 2. The van der Waals surface area contributed by atoms with Crippen molar-refractivity contribution < 1.29 is 0 Å². The maximum Gasteiger partial charge on any atom is 0.269 e. The first kappa shape index (κ1) is 11.7. The minimum Gasteiger partial charge on any atom is -0.298 e. The summed E-state index contributed by atoms with van der Waals surface area (Å²) in [6, 6.07) is 9.26. The summed E-state index contributed by atoms with van der Waals surface area (Å²) in [7, 11) is 0. The van der Waals surface area contributed by atoms with Crippen LogP contribution >= 0.6 is 0 Å². The number of hydrogen-bond acceptors (Lipinski definition) is 5. The van der Waals surface area contributed by atoms with Crippen LogP contribution in [-0.2, 0) is 6.54 Å². The second-order valence-corrected chi connectivity index (χ2v) is 4.56. The maximum atomic E-state index is 12.1. The van der Waals surface area contributed by atoms with E-state index in [0.29, 0.717) is 11.6 Å². The Balaban J connectivity index is 1.87. The van der Waals surface area contributed by atoms with Crippen molar-refractivity contribution in [2.75, 3.05) is 0 Å². The lowest BCUT2D eigenvalue weighted by atomic mass is 10.3. The maximum absolute atomic E-state index is 12.1. The molecule has 4 rings (SSSR count). The average molecular weight is 278 g/mol. The topological polar surface area (TPSA) is 78.0 Å². The molecule has 0 aliphatic carbocycles. The summed E-state index contributed by atoms with van der Waals surface area (Å²) >= 11 is 0. The highest BCUT2D eigenvalue weighted by atomic mass is 16.1. The van der Waals surface area contributed by atoms with E-state index >= 15 is 0 Å². The van der Waals surface area contributed by atoms with Crippen LogP contribution in [0.1, 0.15) is 5.82 Å². The van der Waals surface area contributed by atoms with Crippen molar-refractivity contribution in [1.82, 2.24) is 29.1 Å². The molecule has 21 heavy (non-hydrogen) atoms. The number of hydrogen-bond donors (Lipinski definition) is 0. The summed E-state index contributed by atoms with van der Waals surface area (Å²) in [5.41, 5.74) is 1.34. The highest BCUT2D eigenvalue weighted by Gasteiger charge is 2.09. The Morgan fingerprint density at radius 1 is 1.10 bits per heavy atom. The summed E-state index contributed by atoms with van der Waals surface area (Å²) < 4.78 is 3.20. The average Bonchev–Trinajstić information content (AvgIpc) is 2.92. The molecule has 0 aliphatic heterocycles. The normalized spacial score (nSPS) is 11.2. The third kappa shape index (κ3) is 1.95. The molecule has 0 saturated heterocycles. The Morgan fingerprint density at radius 3 is 2.90 bits per heavy atom. The zero-order valence-corrected chi connectivity index (χ0v) is 10.9. The number of benzene rings is 1. The first-order valence-corrected chi connectivity index (χ1v) is 6.42. The van der Waals surface area contributed by atoms with Crippen molar-refractivity contribution in [1.29, 1.82) is 0 Å². The van der Waals surface area contributed by atoms with Gasteiger partial charge in [0.25, 0.3) is 11.3 Å². The second-order valence-electron chi connectivity index (χ2n) is 4.56. The van der Waals surface area contributed by atoms with E-state index in [1.807, 2.05) is 24.3 Å². The Kier molecular flexibility index (Phi) is 2.50. The van der Waals surface area contributed by atoms with Gasteiger partial charge in [-0.15, -0.1) is 5.10 Å². The molecule has 7 nitrogen and oxygen atoms in total. The van der Waals surface area contributed by atoms with Crippen LogP contribution in [0.2, 0.25) is 0 Å². The van der Waals surface area contributed by atoms with E-state index in [2.05, 4.69) is 20.1 Å². The van der Waals surface area contributed by atoms with E-state index in [-0.39, 0.29) is 12.1 Å². The Morgan fingerprint density at radius 2 is 2.00 bits per heavy atom. The molecule has 3 heterocycles. The van der Waals surface area contributed by atoms with E-state index in [1.54, 1.807) is 27.5 Å². The fourth-order valence-corrected chi connectivity index (χ4v) is 2.26. The predicted octanol–water partition coefficient (Wildman–Crippen LogP) is 0.882. The molecule has 0 radical (unpaired) electrons. The molecular weight excluding hydrogens is 268 g/mol. The smallest absolute Gasteiger partial charge is 0.269 e. The molecule has 0 amide bonds. The van der Waals surface area contributed by atoms with Crippen LogP contribution in [0.15, 0.2) is 53.7 Å². The molecule has 3 aromatic heterocycles. The molecule has 0 bridgehead atoms. The summed E-state index contributed by atoms with van der Waals surface area (Å²) in [5.74, 6) is 1.05. The van der Waals surface area contributed by atoms with E-state index in [0.717, 1.165) is 11.0 Å². The quantitative estimate of drug-likeness (QED) is 0.544. The highest BCUT2D eigenvalue weighted by Crippen LogP contribution is 2.09. The van der Waals surface area contributed by atoms with Crippen LogP contribution in [0.25, 0.3) is 16.8 Å². The van der Waals surface area contributed by atoms with Gasteiger partial charge in [0.05, 0.1) is 23.8 Å². The van der Waals surface area contributed by atoms with Gasteiger partial charge in [-0.25, -0.2) is 14.5 Å². The van der Waals surface area contributed by atoms with Crippen molar-refractivity contribution in [2.45, 2.75) is 6.54 Å². The van der Waals surface area contributed by atoms with Crippen molar-refractivity contribution in [3.8, 4) is 0 Å². The van der Waals surface area contributed by atoms with Gasteiger partial charge in [-0.2, -0.15) is 4.98 Å². The molecule has 0 spiro atoms. The monoisotopic (exact) mass is 278 g/mol. The first-order valence-electron chi connectivity index (χ1n) is 6.42. The molecule has 0 aliphatic rings. The highest BCUT2D eigenvalue weighted by molar-refractivity contribution is 5.74. The standard InChI is InChI=1S/C14H10N6O/c21-13-8-16-10-4-1-2-5-11(10)19(13)9-12-17-14-15-6-3-7-20(14)18-12/h1-8H,9H2. The van der Waals surface area contributed by atoms with Crippen LogP contribution in [0.4, 0.5) is 0 Å². The van der Waals surface area contributed by atoms with Gasteiger partial charge in [-0.3, -0.25) is 9.36 Å². The summed E-state index contributed by atoms with van der Waals surface area (Å²) in [6.07, 6.45) is 4.74. The molecule has 0 saturated carbocycles. The fourth-order valence-electron chi connectivity index (χ4n) is 2.26. The van der Waals surface area contributed by atoms with Gasteiger partial charge >= 0.3 is 0 Å². The minimum atomic E-state index is -0.180. The third-order valence-corrected chi connectivity index (χ3v) is 3.21. The van der Waals surface area contributed by atoms with Crippen molar-refractivity contribution >= 4 is 16.8 Å². The van der Waals surface area contributed by atoms with Crippen LogP contribution in [0.3, 0.4) is 0 Å². The SMILES string of the molecule is O=c1cnc2ccccc2n1Cc1nc2ncccn2n1. The second kappa shape index (κ2) is 4.48. The van der Waals surface area contributed by atoms with Crippen molar-refractivity contribution in [2.24, 2.45) is 0 Å². The zero-order chi connectivity index (χ0) is 14.2. The van der Waals surface area contributed by atoms with Gasteiger partial charge < -0.3 is 0 Å². The van der Waals surface area contributed by atoms with E-state index in [4.69, 9.17) is 0 Å². The van der Waals surface area contributed by atoms with Crippen molar-refractivity contribution in [3.63, 3.8) is 0 Å². The molecule has 0 unspecified atom stereocenters. The van der Waals surface area contributed by atoms with Gasteiger partial charge in [0, 0.05) is 12.4 Å².